The lowest BCUT2D eigenvalue weighted by Crippen LogP contribution is -2.26. The van der Waals surface area contributed by atoms with Gasteiger partial charge in [0.1, 0.15) is 5.82 Å². The maximum Gasteiger partial charge on any atom is 0.248 e. The highest BCUT2D eigenvalue weighted by Crippen LogP contribution is 2.42. The van der Waals surface area contributed by atoms with Crippen LogP contribution in [0.5, 0.6) is 0 Å². The molecule has 0 radical (unpaired) electrons. The van der Waals surface area contributed by atoms with Crippen LogP contribution in [0, 0.1) is 0 Å². The lowest BCUT2D eigenvalue weighted by Gasteiger charge is -2.29. The van der Waals surface area contributed by atoms with E-state index in [2.05, 4.69) is 27.4 Å². The van der Waals surface area contributed by atoms with Crippen LogP contribution in [0.4, 0.5) is 8.78 Å². The molecule has 0 N–H and O–H groups in total. The zero-order valence-electron chi connectivity index (χ0n) is 13.4. The first kappa shape index (κ1) is 16.8. The summed E-state index contributed by atoms with van der Waals surface area (Å²) in [6.07, 6.45) is 0.862. The van der Waals surface area contributed by atoms with Gasteiger partial charge in [0, 0.05) is 30.3 Å². The lowest BCUT2D eigenvalue weighted by atomic mass is 9.86. The van der Waals surface area contributed by atoms with E-state index in [1.807, 2.05) is 18.2 Å². The van der Waals surface area contributed by atoms with Gasteiger partial charge in [-0.05, 0) is 38.0 Å². The summed E-state index contributed by atoms with van der Waals surface area (Å²) >= 11 is 3.50. The molecule has 0 amide bonds. The van der Waals surface area contributed by atoms with Crippen LogP contribution >= 0.6 is 15.9 Å². The van der Waals surface area contributed by atoms with E-state index in [0.717, 1.165) is 21.3 Å². The first-order valence-electron chi connectivity index (χ1n) is 7.95. The molecule has 126 valence electrons. The number of alkyl halides is 2. The van der Waals surface area contributed by atoms with Crippen molar-refractivity contribution in [2.24, 2.45) is 0 Å². The van der Waals surface area contributed by atoms with Crippen molar-refractivity contribution in [3.8, 4) is 0 Å². The van der Waals surface area contributed by atoms with Crippen molar-refractivity contribution in [2.45, 2.75) is 50.5 Å². The minimum atomic E-state index is -2.52. The molecular weight excluding hydrogens is 366 g/mol. The maximum atomic E-state index is 13.5. The SMILES string of the molecule is COC[C@@H](C)n1c(C2CCC(F)(F)CC2)nc2ccc(Br)cc21. The molecule has 1 aliphatic carbocycles. The number of benzene rings is 1. The van der Waals surface area contributed by atoms with E-state index in [1.54, 1.807) is 7.11 Å². The minimum absolute atomic E-state index is 0.0524. The molecule has 0 aliphatic heterocycles. The Morgan fingerprint density at radius 3 is 2.74 bits per heavy atom. The Morgan fingerprint density at radius 2 is 2.09 bits per heavy atom. The molecular formula is C17H21BrF2N2O. The molecule has 0 unspecified atom stereocenters. The fourth-order valence-corrected chi connectivity index (χ4v) is 3.80. The Bertz CT molecular complexity index is 691. The van der Waals surface area contributed by atoms with Gasteiger partial charge in [-0.1, -0.05) is 15.9 Å². The number of methoxy groups -OCH3 is 1. The van der Waals surface area contributed by atoms with Gasteiger partial charge in [-0.15, -0.1) is 0 Å². The number of hydrogen-bond donors (Lipinski definition) is 0. The number of rotatable bonds is 4. The standard InChI is InChI=1S/C17H21BrF2N2O/c1-11(10-23-2)22-15-9-13(18)3-4-14(15)21-16(22)12-5-7-17(19,20)8-6-12/h3-4,9,11-12H,5-8,10H2,1-2H3/t11-/m1/s1. The number of halogens is 3. The van der Waals surface area contributed by atoms with Crippen LogP contribution < -0.4 is 0 Å². The molecule has 3 nitrogen and oxygen atoms in total. The molecule has 6 heteroatoms. The largest absolute Gasteiger partial charge is 0.383 e. The minimum Gasteiger partial charge on any atom is -0.383 e. The molecule has 1 saturated carbocycles. The second-order valence-electron chi connectivity index (χ2n) is 6.41. The number of nitrogens with zero attached hydrogens (tertiary/aromatic N) is 2. The summed E-state index contributed by atoms with van der Waals surface area (Å²) in [5.41, 5.74) is 1.93. The third-order valence-electron chi connectivity index (χ3n) is 4.61. The van der Waals surface area contributed by atoms with E-state index in [0.29, 0.717) is 19.4 Å². The third-order valence-corrected chi connectivity index (χ3v) is 5.10. The van der Waals surface area contributed by atoms with Crippen LogP contribution in [0.25, 0.3) is 11.0 Å². The van der Waals surface area contributed by atoms with Crippen LogP contribution in [-0.4, -0.2) is 29.2 Å². The summed E-state index contributed by atoms with van der Waals surface area (Å²) in [4.78, 5) is 4.77. The number of imidazole rings is 1. The number of aromatic nitrogens is 2. The average Bonchev–Trinajstić information content (AvgIpc) is 2.86. The molecule has 1 fully saturated rings. The van der Waals surface area contributed by atoms with Crippen molar-refractivity contribution >= 4 is 27.0 Å². The zero-order chi connectivity index (χ0) is 16.6. The van der Waals surface area contributed by atoms with Crippen LogP contribution in [0.3, 0.4) is 0 Å². The van der Waals surface area contributed by atoms with Crippen molar-refractivity contribution in [2.75, 3.05) is 13.7 Å². The monoisotopic (exact) mass is 386 g/mol. The van der Waals surface area contributed by atoms with Gasteiger partial charge < -0.3 is 9.30 Å². The number of ether oxygens (including phenoxy) is 1. The zero-order valence-corrected chi connectivity index (χ0v) is 14.9. The first-order valence-corrected chi connectivity index (χ1v) is 8.75. The molecule has 1 aliphatic rings. The van der Waals surface area contributed by atoms with E-state index in [1.165, 1.54) is 0 Å². The molecule has 0 bridgehead atoms. The maximum absolute atomic E-state index is 13.5. The second kappa shape index (κ2) is 6.48. The first-order chi connectivity index (χ1) is 10.9. The Morgan fingerprint density at radius 1 is 1.39 bits per heavy atom. The number of fused-ring (bicyclic) bond motifs is 1. The molecule has 1 heterocycles. The predicted molar refractivity (Wildman–Crippen MR) is 90.2 cm³/mol. The van der Waals surface area contributed by atoms with Crippen LogP contribution in [0.2, 0.25) is 0 Å². The van der Waals surface area contributed by atoms with E-state index in [4.69, 9.17) is 9.72 Å². The highest BCUT2D eigenvalue weighted by molar-refractivity contribution is 9.10. The smallest absolute Gasteiger partial charge is 0.248 e. The highest BCUT2D eigenvalue weighted by Gasteiger charge is 2.37. The fraction of sp³-hybridized carbons (Fsp3) is 0.588. The van der Waals surface area contributed by atoms with E-state index < -0.39 is 5.92 Å². The molecule has 3 rings (SSSR count). The van der Waals surface area contributed by atoms with Gasteiger partial charge in [-0.25, -0.2) is 13.8 Å². The predicted octanol–water partition coefficient (Wildman–Crippen LogP) is 5.30. The van der Waals surface area contributed by atoms with Gasteiger partial charge in [0.2, 0.25) is 5.92 Å². The van der Waals surface area contributed by atoms with Gasteiger partial charge in [-0.3, -0.25) is 0 Å². The molecule has 0 spiro atoms. The number of hydrogen-bond acceptors (Lipinski definition) is 2. The van der Waals surface area contributed by atoms with Gasteiger partial charge >= 0.3 is 0 Å². The van der Waals surface area contributed by atoms with E-state index in [9.17, 15) is 8.78 Å². The van der Waals surface area contributed by atoms with Crippen molar-refractivity contribution in [1.82, 2.24) is 9.55 Å². The van der Waals surface area contributed by atoms with Crippen LogP contribution in [-0.2, 0) is 4.74 Å². The van der Waals surface area contributed by atoms with Crippen molar-refractivity contribution < 1.29 is 13.5 Å². The van der Waals surface area contributed by atoms with Crippen LogP contribution in [0.15, 0.2) is 22.7 Å². The van der Waals surface area contributed by atoms with Gasteiger partial charge in [0.05, 0.1) is 23.7 Å². The molecule has 2 aromatic rings. The van der Waals surface area contributed by atoms with Crippen molar-refractivity contribution in [3.63, 3.8) is 0 Å². The molecule has 1 aromatic carbocycles. The van der Waals surface area contributed by atoms with Crippen LogP contribution in [0.1, 0.15) is 50.4 Å². The van der Waals surface area contributed by atoms with E-state index in [-0.39, 0.29) is 24.8 Å². The normalized spacial score (nSPS) is 20.0. The molecule has 23 heavy (non-hydrogen) atoms. The Hall–Kier alpha value is -1.01. The highest BCUT2D eigenvalue weighted by atomic mass is 79.9. The fourth-order valence-electron chi connectivity index (χ4n) is 3.45. The molecule has 0 saturated heterocycles. The summed E-state index contributed by atoms with van der Waals surface area (Å²) in [5, 5.41) is 0. The Labute approximate surface area is 143 Å². The third kappa shape index (κ3) is 3.43. The summed E-state index contributed by atoms with van der Waals surface area (Å²) in [6.45, 7) is 2.64. The Balaban J connectivity index is 2.03. The average molecular weight is 387 g/mol. The summed E-state index contributed by atoms with van der Waals surface area (Å²) in [6, 6.07) is 6.07. The van der Waals surface area contributed by atoms with Gasteiger partial charge in [0.15, 0.2) is 0 Å². The van der Waals surface area contributed by atoms with E-state index >= 15 is 0 Å². The lowest BCUT2D eigenvalue weighted by molar-refractivity contribution is -0.0390. The molecule has 1 aromatic heterocycles. The topological polar surface area (TPSA) is 27.1 Å². The van der Waals surface area contributed by atoms with Crippen molar-refractivity contribution in [1.29, 1.82) is 0 Å². The quantitative estimate of drug-likeness (QED) is 0.712. The Kier molecular flexibility index (Phi) is 4.74. The van der Waals surface area contributed by atoms with Gasteiger partial charge in [0.25, 0.3) is 0 Å². The summed E-state index contributed by atoms with van der Waals surface area (Å²) in [7, 11) is 1.67. The summed E-state index contributed by atoms with van der Waals surface area (Å²) in [5.74, 6) is -1.52. The van der Waals surface area contributed by atoms with Crippen molar-refractivity contribution in [3.05, 3.63) is 28.5 Å². The molecule has 1 atom stereocenters. The van der Waals surface area contributed by atoms with Gasteiger partial charge in [-0.2, -0.15) is 0 Å². The summed E-state index contributed by atoms with van der Waals surface area (Å²) < 4.78 is 35.4. The second-order valence-corrected chi connectivity index (χ2v) is 7.32.